The summed E-state index contributed by atoms with van der Waals surface area (Å²) >= 11 is 5.74. The molecule has 2 aromatic carbocycles. The summed E-state index contributed by atoms with van der Waals surface area (Å²) in [6.45, 7) is 1.11. The summed E-state index contributed by atoms with van der Waals surface area (Å²) in [6.07, 6.45) is 0.959. The van der Waals surface area contributed by atoms with Crippen LogP contribution in [0, 0.1) is 27.2 Å². The fourth-order valence-electron chi connectivity index (χ4n) is 2.08. The molecule has 12 heteroatoms. The maximum absolute atomic E-state index is 11.8. The number of carbonyl (C=O) groups is 1. The Hall–Kier alpha value is -3.73. The first kappa shape index (κ1) is 20.6. The normalized spacial score (nSPS) is 10.6. The van der Waals surface area contributed by atoms with Gasteiger partial charge in [-0.25, -0.2) is 5.43 Å². The fraction of sp³-hybridized carbons (Fsp3) is 0.125. The summed E-state index contributed by atoms with van der Waals surface area (Å²) in [5.74, 6) is -1.50. The number of aryl methyl sites for hydroxylation is 1. The van der Waals surface area contributed by atoms with Crippen LogP contribution in [0.3, 0.4) is 0 Å². The minimum Gasteiger partial charge on any atom is -0.502 e. The van der Waals surface area contributed by atoms with Gasteiger partial charge in [0.1, 0.15) is 0 Å². The highest BCUT2D eigenvalue weighted by Gasteiger charge is 2.18. The van der Waals surface area contributed by atoms with E-state index in [-0.39, 0.29) is 22.0 Å². The van der Waals surface area contributed by atoms with Gasteiger partial charge in [0, 0.05) is 22.7 Å². The van der Waals surface area contributed by atoms with E-state index < -0.39 is 33.8 Å². The number of carbonyl (C=O) groups excluding carboxylic acids is 1. The third-order valence-corrected chi connectivity index (χ3v) is 3.56. The lowest BCUT2D eigenvalue weighted by molar-refractivity contribution is -0.386. The van der Waals surface area contributed by atoms with Gasteiger partial charge in [-0.1, -0.05) is 17.7 Å². The minimum absolute atomic E-state index is 0.00714. The number of nitro benzene ring substituents is 2. The Morgan fingerprint density at radius 3 is 2.57 bits per heavy atom. The molecule has 0 aliphatic rings. The van der Waals surface area contributed by atoms with Gasteiger partial charge in [0.25, 0.3) is 5.91 Å². The number of nitrogens with one attached hydrogen (secondary N) is 1. The first-order valence-corrected chi connectivity index (χ1v) is 7.93. The number of nitrogens with zero attached hydrogens (tertiary/aromatic N) is 3. The summed E-state index contributed by atoms with van der Waals surface area (Å²) < 4.78 is 5.12. The van der Waals surface area contributed by atoms with Gasteiger partial charge in [-0.15, -0.1) is 0 Å². The second-order valence-corrected chi connectivity index (χ2v) is 5.87. The van der Waals surface area contributed by atoms with Crippen LogP contribution in [-0.4, -0.2) is 33.7 Å². The maximum atomic E-state index is 11.8. The Bertz CT molecular complexity index is 978. The van der Waals surface area contributed by atoms with E-state index in [0.29, 0.717) is 5.56 Å². The number of phenols is 1. The Morgan fingerprint density at radius 2 is 1.93 bits per heavy atom. The highest BCUT2D eigenvalue weighted by Crippen LogP contribution is 2.32. The smallest absolute Gasteiger partial charge is 0.312 e. The summed E-state index contributed by atoms with van der Waals surface area (Å²) in [6, 6.07) is 6.45. The van der Waals surface area contributed by atoms with Crippen molar-refractivity contribution >= 4 is 35.1 Å². The highest BCUT2D eigenvalue weighted by molar-refractivity contribution is 6.31. The van der Waals surface area contributed by atoms with Crippen molar-refractivity contribution in [1.29, 1.82) is 0 Å². The van der Waals surface area contributed by atoms with Crippen LogP contribution in [-0.2, 0) is 4.79 Å². The number of ether oxygens (including phenoxy) is 1. The van der Waals surface area contributed by atoms with E-state index in [1.807, 2.05) is 0 Å². The number of amides is 1. The number of benzene rings is 2. The van der Waals surface area contributed by atoms with Crippen molar-refractivity contribution in [2.24, 2.45) is 5.10 Å². The molecule has 11 nitrogen and oxygen atoms in total. The average molecular weight is 409 g/mol. The Labute approximate surface area is 162 Å². The second kappa shape index (κ2) is 8.77. The fourth-order valence-corrected chi connectivity index (χ4v) is 2.31. The lowest BCUT2D eigenvalue weighted by Gasteiger charge is -2.06. The molecule has 2 N–H and O–H groups in total. The van der Waals surface area contributed by atoms with Gasteiger partial charge in [-0.05, 0) is 24.6 Å². The third kappa shape index (κ3) is 5.14. The topological polar surface area (TPSA) is 157 Å². The van der Waals surface area contributed by atoms with Gasteiger partial charge < -0.3 is 9.84 Å². The van der Waals surface area contributed by atoms with E-state index in [2.05, 4.69) is 10.5 Å². The van der Waals surface area contributed by atoms with Gasteiger partial charge in [0.15, 0.2) is 12.4 Å². The Balaban J connectivity index is 2.02. The summed E-state index contributed by atoms with van der Waals surface area (Å²) in [5.41, 5.74) is 1.74. The SMILES string of the molecule is Cc1ccc(OCC(=O)NN=Cc2cc(Cl)cc([N+](=O)[O-])c2O)c([N+](=O)[O-])c1. The number of hydrogen-bond donors (Lipinski definition) is 2. The van der Waals surface area contributed by atoms with Crippen molar-refractivity contribution in [3.63, 3.8) is 0 Å². The zero-order valence-corrected chi connectivity index (χ0v) is 15.0. The van der Waals surface area contributed by atoms with Crippen molar-refractivity contribution in [3.05, 3.63) is 66.7 Å². The number of hydrogen-bond acceptors (Lipinski definition) is 8. The zero-order valence-electron chi connectivity index (χ0n) is 14.3. The van der Waals surface area contributed by atoms with Crippen LogP contribution in [0.25, 0.3) is 0 Å². The van der Waals surface area contributed by atoms with Crippen LogP contribution in [0.4, 0.5) is 11.4 Å². The highest BCUT2D eigenvalue weighted by atomic mass is 35.5. The molecule has 1 amide bonds. The number of rotatable bonds is 7. The second-order valence-electron chi connectivity index (χ2n) is 5.43. The first-order valence-electron chi connectivity index (χ1n) is 7.55. The van der Waals surface area contributed by atoms with E-state index in [9.17, 15) is 30.1 Å². The largest absolute Gasteiger partial charge is 0.502 e. The molecule has 0 bridgehead atoms. The quantitative estimate of drug-likeness (QED) is 0.405. The predicted octanol–water partition coefficient (Wildman–Crippen LogP) is 2.70. The van der Waals surface area contributed by atoms with Crippen LogP contribution in [0.15, 0.2) is 35.4 Å². The molecule has 0 unspecified atom stereocenters. The van der Waals surface area contributed by atoms with Crippen molar-refractivity contribution < 1.29 is 24.5 Å². The molecule has 28 heavy (non-hydrogen) atoms. The van der Waals surface area contributed by atoms with Gasteiger partial charge >= 0.3 is 11.4 Å². The molecule has 0 saturated heterocycles. The molecular weight excluding hydrogens is 396 g/mol. The number of aromatic hydroxyl groups is 1. The maximum Gasteiger partial charge on any atom is 0.312 e. The minimum atomic E-state index is -0.820. The molecule has 2 rings (SSSR count). The van der Waals surface area contributed by atoms with Crippen molar-refractivity contribution in [3.8, 4) is 11.5 Å². The Kier molecular flexibility index (Phi) is 6.45. The first-order chi connectivity index (χ1) is 13.2. The van der Waals surface area contributed by atoms with E-state index in [0.717, 1.165) is 12.3 Å². The summed E-state index contributed by atoms with van der Waals surface area (Å²) in [7, 11) is 0. The number of halogens is 1. The summed E-state index contributed by atoms with van der Waals surface area (Å²) in [4.78, 5) is 32.1. The van der Waals surface area contributed by atoms with Crippen molar-refractivity contribution in [2.75, 3.05) is 6.61 Å². The van der Waals surface area contributed by atoms with Crippen molar-refractivity contribution in [1.82, 2.24) is 5.43 Å². The predicted molar refractivity (Wildman–Crippen MR) is 98.8 cm³/mol. The van der Waals surface area contributed by atoms with Crippen LogP contribution in [0.5, 0.6) is 11.5 Å². The molecule has 0 aromatic heterocycles. The van der Waals surface area contributed by atoms with E-state index in [1.165, 1.54) is 18.2 Å². The number of phenolic OH excluding ortho intramolecular Hbond substituents is 1. The van der Waals surface area contributed by atoms with Gasteiger partial charge in [-0.3, -0.25) is 25.0 Å². The van der Waals surface area contributed by atoms with Gasteiger partial charge in [-0.2, -0.15) is 5.10 Å². The molecule has 0 aliphatic carbocycles. The van der Waals surface area contributed by atoms with Crippen LogP contribution >= 0.6 is 11.6 Å². The lowest BCUT2D eigenvalue weighted by atomic mass is 10.2. The Morgan fingerprint density at radius 1 is 1.25 bits per heavy atom. The number of hydrazone groups is 1. The lowest BCUT2D eigenvalue weighted by Crippen LogP contribution is -2.24. The zero-order chi connectivity index (χ0) is 20.8. The van der Waals surface area contributed by atoms with E-state index in [4.69, 9.17) is 16.3 Å². The monoisotopic (exact) mass is 408 g/mol. The van der Waals surface area contributed by atoms with Crippen molar-refractivity contribution in [2.45, 2.75) is 6.92 Å². The van der Waals surface area contributed by atoms with Gasteiger partial charge in [0.05, 0.1) is 16.1 Å². The molecule has 0 aliphatic heterocycles. The molecule has 0 saturated carbocycles. The van der Waals surface area contributed by atoms with E-state index in [1.54, 1.807) is 13.0 Å². The standard InChI is InChI=1S/C16H13ClN4O7/c1-9-2-3-14(12(4-9)20(24)25)28-8-15(22)19-18-7-10-5-11(17)6-13(16(10)23)21(26)27/h2-7,23H,8H2,1H3,(H,19,22). The third-order valence-electron chi connectivity index (χ3n) is 3.34. The van der Waals surface area contributed by atoms with Crippen LogP contribution < -0.4 is 10.2 Å². The van der Waals surface area contributed by atoms with Gasteiger partial charge in [0.2, 0.25) is 5.75 Å². The molecule has 2 aromatic rings. The molecule has 146 valence electrons. The average Bonchev–Trinajstić information content (AvgIpc) is 2.62. The van der Waals surface area contributed by atoms with Crippen LogP contribution in [0.1, 0.15) is 11.1 Å². The molecule has 0 heterocycles. The molecular formula is C16H13ClN4O7. The molecule has 0 spiro atoms. The summed E-state index contributed by atoms with van der Waals surface area (Å²) in [5, 5.41) is 35.2. The van der Waals surface area contributed by atoms with Crippen LogP contribution in [0.2, 0.25) is 5.02 Å². The number of nitro groups is 2. The molecule has 0 atom stereocenters. The molecule has 0 radical (unpaired) electrons. The van der Waals surface area contributed by atoms with E-state index >= 15 is 0 Å². The molecule has 0 fully saturated rings.